The Balaban J connectivity index is 1.90. The Kier molecular flexibility index (Phi) is 7.32. The molecule has 2 atom stereocenters. The molecular formula is C23H27BrN4O3S. The van der Waals surface area contributed by atoms with Gasteiger partial charge in [0.1, 0.15) is 0 Å². The topological polar surface area (TPSA) is 90.1 Å². The summed E-state index contributed by atoms with van der Waals surface area (Å²) < 4.78 is 18.1. The SMILES string of the molecule is Cc1nc(-c2ccc(C[C@@H](NS(=O)C(C)(C)C)c3cccc(Br)c3)cc2)c([N+](=O)[O-])n1C. The Bertz CT molecular complexity index is 1150. The lowest BCUT2D eigenvalue weighted by Gasteiger charge is -2.25. The molecule has 3 rings (SSSR count). The van der Waals surface area contributed by atoms with Gasteiger partial charge in [0.2, 0.25) is 0 Å². The first-order valence-electron chi connectivity index (χ1n) is 10.2. The summed E-state index contributed by atoms with van der Waals surface area (Å²) in [5.74, 6) is 0.559. The minimum Gasteiger partial charge on any atom is -0.358 e. The van der Waals surface area contributed by atoms with Crippen molar-refractivity contribution in [2.75, 3.05) is 0 Å². The molecule has 0 aliphatic heterocycles. The molecule has 1 unspecified atom stereocenters. The summed E-state index contributed by atoms with van der Waals surface area (Å²) in [4.78, 5) is 15.5. The Morgan fingerprint density at radius 2 is 1.88 bits per heavy atom. The van der Waals surface area contributed by atoms with Gasteiger partial charge in [-0.05, 0) is 55.4 Å². The fourth-order valence-corrected chi connectivity index (χ4v) is 4.54. The second-order valence-electron chi connectivity index (χ2n) is 8.65. The van der Waals surface area contributed by atoms with Gasteiger partial charge < -0.3 is 10.1 Å². The molecular weight excluding hydrogens is 492 g/mol. The van der Waals surface area contributed by atoms with E-state index in [2.05, 4.69) is 25.6 Å². The summed E-state index contributed by atoms with van der Waals surface area (Å²) in [5, 5.41) is 11.5. The van der Waals surface area contributed by atoms with E-state index in [1.807, 2.05) is 69.3 Å². The van der Waals surface area contributed by atoms with Crippen LogP contribution in [0.4, 0.5) is 5.82 Å². The lowest BCUT2D eigenvalue weighted by atomic mass is 9.98. The van der Waals surface area contributed by atoms with Gasteiger partial charge in [-0.25, -0.2) is 18.5 Å². The molecule has 0 spiro atoms. The maximum atomic E-state index is 12.8. The van der Waals surface area contributed by atoms with Crippen LogP contribution in [0.15, 0.2) is 53.0 Å². The summed E-state index contributed by atoms with van der Waals surface area (Å²) in [7, 11) is 0.397. The van der Waals surface area contributed by atoms with Crippen molar-refractivity contribution in [1.82, 2.24) is 14.3 Å². The Morgan fingerprint density at radius 1 is 1.22 bits per heavy atom. The van der Waals surface area contributed by atoms with Gasteiger partial charge in [-0.3, -0.25) is 0 Å². The fraction of sp³-hybridized carbons (Fsp3) is 0.348. The molecule has 0 amide bonds. The largest absolute Gasteiger partial charge is 0.358 e. The van der Waals surface area contributed by atoms with Crippen LogP contribution in [0.1, 0.15) is 43.8 Å². The molecule has 0 radical (unpaired) electrons. The molecule has 170 valence electrons. The number of hydrogen-bond donors (Lipinski definition) is 1. The van der Waals surface area contributed by atoms with Crippen LogP contribution in [0.5, 0.6) is 0 Å². The summed E-state index contributed by atoms with van der Waals surface area (Å²) in [5.41, 5.74) is 3.09. The zero-order valence-corrected chi connectivity index (χ0v) is 21.2. The predicted octanol–water partition coefficient (Wildman–Crippen LogP) is 5.40. The summed E-state index contributed by atoms with van der Waals surface area (Å²) in [6.07, 6.45) is 0.613. The molecule has 7 nitrogen and oxygen atoms in total. The first-order valence-corrected chi connectivity index (χ1v) is 12.1. The van der Waals surface area contributed by atoms with Crippen LogP contribution in [-0.2, 0) is 24.5 Å². The van der Waals surface area contributed by atoms with Crippen LogP contribution < -0.4 is 4.72 Å². The van der Waals surface area contributed by atoms with E-state index >= 15 is 0 Å². The zero-order chi connectivity index (χ0) is 23.6. The molecule has 0 saturated heterocycles. The van der Waals surface area contributed by atoms with E-state index in [0.29, 0.717) is 23.5 Å². The molecule has 32 heavy (non-hydrogen) atoms. The Hall–Kier alpha value is -2.36. The second kappa shape index (κ2) is 9.64. The van der Waals surface area contributed by atoms with Crippen LogP contribution in [-0.4, -0.2) is 23.4 Å². The van der Waals surface area contributed by atoms with Crippen molar-refractivity contribution in [3.8, 4) is 11.3 Å². The number of hydrogen-bond acceptors (Lipinski definition) is 4. The number of nitrogens with one attached hydrogen (secondary N) is 1. The first-order chi connectivity index (χ1) is 15.0. The van der Waals surface area contributed by atoms with Crippen molar-refractivity contribution in [1.29, 1.82) is 0 Å². The molecule has 3 aromatic rings. The Morgan fingerprint density at radius 3 is 2.44 bits per heavy atom. The minimum absolute atomic E-state index is 0.0236. The summed E-state index contributed by atoms with van der Waals surface area (Å²) >= 11 is 3.52. The number of aryl methyl sites for hydroxylation is 1. The highest BCUT2D eigenvalue weighted by molar-refractivity contribution is 9.10. The van der Waals surface area contributed by atoms with Crippen LogP contribution in [0, 0.1) is 17.0 Å². The summed E-state index contributed by atoms with van der Waals surface area (Å²) in [6.45, 7) is 7.55. The second-order valence-corrected chi connectivity index (χ2v) is 11.6. The highest BCUT2D eigenvalue weighted by Gasteiger charge is 2.25. The van der Waals surface area contributed by atoms with Gasteiger partial charge in [0.25, 0.3) is 0 Å². The van der Waals surface area contributed by atoms with E-state index in [1.54, 1.807) is 14.0 Å². The van der Waals surface area contributed by atoms with Crippen molar-refractivity contribution in [3.63, 3.8) is 0 Å². The van der Waals surface area contributed by atoms with Gasteiger partial charge in [0.15, 0.2) is 11.5 Å². The van der Waals surface area contributed by atoms with Crippen molar-refractivity contribution in [3.05, 3.63) is 80.1 Å². The van der Waals surface area contributed by atoms with Crippen LogP contribution >= 0.6 is 15.9 Å². The van der Waals surface area contributed by atoms with Crippen molar-refractivity contribution in [2.45, 2.75) is 44.9 Å². The van der Waals surface area contributed by atoms with Crippen LogP contribution in [0.3, 0.4) is 0 Å². The van der Waals surface area contributed by atoms with E-state index < -0.39 is 20.7 Å². The van der Waals surface area contributed by atoms with Gasteiger partial charge in [-0.1, -0.05) is 52.3 Å². The minimum atomic E-state index is -1.24. The number of halogens is 1. The van der Waals surface area contributed by atoms with Crippen molar-refractivity contribution < 1.29 is 9.13 Å². The summed E-state index contributed by atoms with van der Waals surface area (Å²) in [6, 6.07) is 15.4. The van der Waals surface area contributed by atoms with Gasteiger partial charge in [-0.2, -0.15) is 0 Å². The maximum absolute atomic E-state index is 12.8. The zero-order valence-electron chi connectivity index (χ0n) is 18.8. The molecule has 1 N–H and O–H groups in total. The molecule has 1 heterocycles. The highest BCUT2D eigenvalue weighted by atomic mass is 79.9. The lowest BCUT2D eigenvalue weighted by molar-refractivity contribution is -0.391. The van der Waals surface area contributed by atoms with Crippen molar-refractivity contribution >= 4 is 32.7 Å². The molecule has 9 heteroatoms. The first kappa shape index (κ1) is 24.3. The monoisotopic (exact) mass is 518 g/mol. The quantitative estimate of drug-likeness (QED) is 0.334. The third-order valence-electron chi connectivity index (χ3n) is 5.19. The molecule has 0 bridgehead atoms. The van der Waals surface area contributed by atoms with Crippen LogP contribution in [0.2, 0.25) is 0 Å². The molecule has 0 fully saturated rings. The number of nitrogens with zero attached hydrogens (tertiary/aromatic N) is 3. The van der Waals surface area contributed by atoms with Gasteiger partial charge in [0, 0.05) is 23.0 Å². The van der Waals surface area contributed by atoms with E-state index in [1.165, 1.54) is 4.57 Å². The lowest BCUT2D eigenvalue weighted by Crippen LogP contribution is -2.36. The molecule has 0 aliphatic carbocycles. The molecule has 0 saturated carbocycles. The van der Waals surface area contributed by atoms with E-state index in [9.17, 15) is 14.3 Å². The average Bonchev–Trinajstić information content (AvgIpc) is 3.02. The van der Waals surface area contributed by atoms with Crippen molar-refractivity contribution in [2.24, 2.45) is 7.05 Å². The third-order valence-corrected chi connectivity index (χ3v) is 7.29. The normalized spacial score (nSPS) is 13.7. The maximum Gasteiger partial charge on any atom is 0.350 e. The molecule has 0 aliphatic rings. The predicted molar refractivity (Wildman–Crippen MR) is 132 cm³/mol. The van der Waals surface area contributed by atoms with E-state index in [0.717, 1.165) is 15.6 Å². The van der Waals surface area contributed by atoms with E-state index in [-0.39, 0.29) is 11.9 Å². The molecule has 1 aromatic heterocycles. The van der Waals surface area contributed by atoms with E-state index in [4.69, 9.17) is 0 Å². The number of aromatic nitrogens is 2. The Labute approximate surface area is 199 Å². The third kappa shape index (κ3) is 5.51. The number of rotatable bonds is 7. The van der Waals surface area contributed by atoms with Gasteiger partial charge in [0.05, 0.1) is 22.8 Å². The smallest absolute Gasteiger partial charge is 0.350 e. The number of nitro groups is 1. The van der Waals surface area contributed by atoms with Gasteiger partial charge >= 0.3 is 5.82 Å². The highest BCUT2D eigenvalue weighted by Crippen LogP contribution is 2.31. The average molecular weight is 519 g/mol. The van der Waals surface area contributed by atoms with Crippen LogP contribution in [0.25, 0.3) is 11.3 Å². The standard InChI is InChI=1S/C23H27BrN4O3S/c1-15-25-21(22(27(15)5)28(29)30)17-11-9-16(10-12-17)13-20(26-32(31)23(2,3)4)18-7-6-8-19(24)14-18/h6-12,14,20,26H,13H2,1-5H3/t20-,32?/m1/s1. The molecule has 2 aromatic carbocycles. The number of imidazole rings is 1. The number of benzene rings is 2. The van der Waals surface area contributed by atoms with Gasteiger partial charge in [-0.15, -0.1) is 0 Å². The fourth-order valence-electron chi connectivity index (χ4n) is 3.29.